The first kappa shape index (κ1) is 26.7. The number of allylic oxidation sites excluding steroid dienone is 1. The number of ether oxygens (including phenoxy) is 6. The molecule has 6 rings (SSSR count). The predicted octanol–water partition coefficient (Wildman–Crippen LogP) is 1.70. The van der Waals surface area contributed by atoms with Gasteiger partial charge in [-0.2, -0.15) is 0 Å². The molecular weight excluding hydrogens is 496 g/mol. The largest absolute Gasteiger partial charge is 0.466 e. The van der Waals surface area contributed by atoms with Crippen LogP contribution in [0.4, 0.5) is 0 Å². The molecule has 4 aliphatic heterocycles. The summed E-state index contributed by atoms with van der Waals surface area (Å²) in [5.41, 5.74) is 0.256. The maximum atomic E-state index is 13.5. The third-order valence-corrected chi connectivity index (χ3v) is 10.3. The molecule has 10 heteroatoms. The highest BCUT2D eigenvalue weighted by Gasteiger charge is 2.68. The standard InChI is InChI=1S/C28H40O10/c1-14-21(29)23(33-4)22(30)25(36-14)37-17-9-10-26(2)15(11-17)5-7-18-19(26)8-6-16-12-34-27(3)28(16,32)20(13-35-27)38-24(18)31/h5,12,14,17-23,25,29-30,32H,6-11,13H2,1-4H3/t14-,17+,18-,19+,20-,21-,22-,23+,25+,26+,27+,28+/m1/s1. The van der Waals surface area contributed by atoms with Crippen molar-refractivity contribution in [3.8, 4) is 0 Å². The molecule has 38 heavy (non-hydrogen) atoms. The van der Waals surface area contributed by atoms with Crippen LogP contribution in [0.5, 0.6) is 0 Å². The Kier molecular flexibility index (Phi) is 6.50. The van der Waals surface area contributed by atoms with Gasteiger partial charge in [0.1, 0.15) is 18.3 Å². The molecule has 12 atom stereocenters. The van der Waals surface area contributed by atoms with E-state index in [0.29, 0.717) is 19.3 Å². The Hall–Kier alpha value is -1.53. The van der Waals surface area contributed by atoms with E-state index in [-0.39, 0.29) is 35.9 Å². The molecule has 0 aromatic heterocycles. The number of aliphatic hydroxyl groups excluding tert-OH is 2. The van der Waals surface area contributed by atoms with Crippen molar-refractivity contribution >= 4 is 5.97 Å². The molecule has 2 aliphatic carbocycles. The minimum Gasteiger partial charge on any atom is -0.466 e. The molecule has 0 spiro atoms. The van der Waals surface area contributed by atoms with E-state index >= 15 is 0 Å². The van der Waals surface area contributed by atoms with Crippen molar-refractivity contribution in [2.45, 2.75) is 114 Å². The molecule has 0 unspecified atom stereocenters. The summed E-state index contributed by atoms with van der Waals surface area (Å²) in [6.07, 6.45) is 2.61. The van der Waals surface area contributed by atoms with E-state index < -0.39 is 48.2 Å². The van der Waals surface area contributed by atoms with Crippen LogP contribution in [0, 0.1) is 17.3 Å². The van der Waals surface area contributed by atoms with Crippen LogP contribution < -0.4 is 0 Å². The van der Waals surface area contributed by atoms with Gasteiger partial charge in [-0.25, -0.2) is 0 Å². The highest BCUT2D eigenvalue weighted by Crippen LogP contribution is 2.58. The van der Waals surface area contributed by atoms with Gasteiger partial charge in [0.2, 0.25) is 5.79 Å². The van der Waals surface area contributed by atoms with Crippen LogP contribution in [-0.4, -0.2) is 89.3 Å². The summed E-state index contributed by atoms with van der Waals surface area (Å²) in [6.45, 7) is 5.76. The normalized spacial score (nSPS) is 52.2. The summed E-state index contributed by atoms with van der Waals surface area (Å²) in [6, 6.07) is 0. The van der Waals surface area contributed by atoms with Gasteiger partial charge in [-0.05, 0) is 56.8 Å². The first-order chi connectivity index (χ1) is 18.0. The first-order valence-electron chi connectivity index (χ1n) is 13.9. The first-order valence-corrected chi connectivity index (χ1v) is 13.9. The zero-order valence-electron chi connectivity index (χ0n) is 22.5. The zero-order chi connectivity index (χ0) is 27.0. The minimum absolute atomic E-state index is 0.0385. The Morgan fingerprint density at radius 2 is 1.92 bits per heavy atom. The SMILES string of the molecule is CO[C@@H]1[C@@H](O)[C@H](O[C@H]2CC[C@@]3(C)C(=CC[C@H]4C(=O)O[C@@H]5CO[C@]6(C)OC=C(CC[C@@H]43)[C@]56O)C2)O[C@H](C)[C@H]1O. The molecule has 0 radical (unpaired) electrons. The molecule has 4 heterocycles. The van der Waals surface area contributed by atoms with Gasteiger partial charge >= 0.3 is 5.97 Å². The molecule has 0 bridgehead atoms. The summed E-state index contributed by atoms with van der Waals surface area (Å²) in [5, 5.41) is 32.6. The van der Waals surface area contributed by atoms with Crippen LogP contribution in [0.3, 0.4) is 0 Å². The quantitative estimate of drug-likeness (QED) is 0.362. The Bertz CT molecular complexity index is 1030. The van der Waals surface area contributed by atoms with Crippen molar-refractivity contribution in [3.63, 3.8) is 0 Å². The van der Waals surface area contributed by atoms with Crippen LogP contribution in [0.25, 0.3) is 0 Å². The van der Waals surface area contributed by atoms with Crippen molar-refractivity contribution in [2.24, 2.45) is 17.3 Å². The molecule has 0 aromatic carbocycles. The maximum Gasteiger partial charge on any atom is 0.310 e. The van der Waals surface area contributed by atoms with E-state index in [2.05, 4.69) is 13.0 Å². The van der Waals surface area contributed by atoms with Crippen LogP contribution in [-0.2, 0) is 33.2 Å². The monoisotopic (exact) mass is 536 g/mol. The van der Waals surface area contributed by atoms with Gasteiger partial charge in [-0.15, -0.1) is 0 Å². The molecule has 3 N–H and O–H groups in total. The van der Waals surface area contributed by atoms with Gasteiger partial charge in [0, 0.05) is 19.6 Å². The third-order valence-electron chi connectivity index (χ3n) is 10.3. The van der Waals surface area contributed by atoms with Crippen molar-refractivity contribution in [1.82, 2.24) is 0 Å². The molecular formula is C28H40O10. The molecule has 3 saturated heterocycles. The molecule has 1 saturated carbocycles. The number of hydrogen-bond donors (Lipinski definition) is 3. The average molecular weight is 537 g/mol. The van der Waals surface area contributed by atoms with Gasteiger partial charge in [-0.3, -0.25) is 4.79 Å². The van der Waals surface area contributed by atoms with Gasteiger partial charge in [-0.1, -0.05) is 18.6 Å². The predicted molar refractivity (Wildman–Crippen MR) is 131 cm³/mol. The molecule has 10 nitrogen and oxygen atoms in total. The van der Waals surface area contributed by atoms with Crippen molar-refractivity contribution in [3.05, 3.63) is 23.5 Å². The number of esters is 1. The number of carbonyl (C=O) groups excluding carboxylic acids is 1. The summed E-state index contributed by atoms with van der Waals surface area (Å²) >= 11 is 0. The number of methoxy groups -OCH3 is 1. The van der Waals surface area contributed by atoms with E-state index in [0.717, 1.165) is 24.8 Å². The second-order valence-electron chi connectivity index (χ2n) is 12.2. The minimum atomic E-state index is -1.48. The van der Waals surface area contributed by atoms with Crippen molar-refractivity contribution in [2.75, 3.05) is 13.7 Å². The molecule has 4 fully saturated rings. The fourth-order valence-corrected chi connectivity index (χ4v) is 7.85. The fourth-order valence-electron chi connectivity index (χ4n) is 7.85. The molecule has 6 aliphatic rings. The highest BCUT2D eigenvalue weighted by atomic mass is 16.7. The third kappa shape index (κ3) is 3.75. The van der Waals surface area contributed by atoms with Crippen LogP contribution >= 0.6 is 0 Å². The number of carbonyl (C=O) groups is 1. The average Bonchev–Trinajstić information content (AvgIpc) is 3.29. The Morgan fingerprint density at radius 1 is 1.13 bits per heavy atom. The number of aliphatic hydroxyl groups is 3. The van der Waals surface area contributed by atoms with E-state index in [1.807, 2.05) is 0 Å². The van der Waals surface area contributed by atoms with Gasteiger partial charge in [0.25, 0.3) is 0 Å². The van der Waals surface area contributed by atoms with Gasteiger partial charge < -0.3 is 43.7 Å². The van der Waals surface area contributed by atoms with Crippen LogP contribution in [0.15, 0.2) is 23.5 Å². The number of rotatable bonds is 3. The second-order valence-corrected chi connectivity index (χ2v) is 12.2. The van der Waals surface area contributed by atoms with E-state index in [1.165, 1.54) is 12.7 Å². The molecule has 0 amide bonds. The maximum absolute atomic E-state index is 13.5. The molecule has 212 valence electrons. The smallest absolute Gasteiger partial charge is 0.310 e. The second kappa shape index (κ2) is 9.26. The van der Waals surface area contributed by atoms with Crippen LogP contribution in [0.1, 0.15) is 59.3 Å². The van der Waals surface area contributed by atoms with Crippen LogP contribution in [0.2, 0.25) is 0 Å². The topological polar surface area (TPSA) is 133 Å². The van der Waals surface area contributed by atoms with E-state index in [4.69, 9.17) is 28.4 Å². The number of hydrogen-bond acceptors (Lipinski definition) is 10. The lowest BCUT2D eigenvalue weighted by atomic mass is 9.55. The lowest BCUT2D eigenvalue weighted by molar-refractivity contribution is -0.309. The molecule has 0 aromatic rings. The van der Waals surface area contributed by atoms with E-state index in [1.54, 1.807) is 20.1 Å². The van der Waals surface area contributed by atoms with Crippen molar-refractivity contribution in [1.29, 1.82) is 0 Å². The highest BCUT2D eigenvalue weighted by molar-refractivity contribution is 5.74. The number of fused-ring (bicyclic) bond motifs is 3. The van der Waals surface area contributed by atoms with Gasteiger partial charge in [0.05, 0.1) is 31.0 Å². The Labute approximate surface area is 222 Å². The Morgan fingerprint density at radius 3 is 2.68 bits per heavy atom. The fraction of sp³-hybridized carbons (Fsp3) is 0.821. The summed E-state index contributed by atoms with van der Waals surface area (Å²) in [7, 11) is 1.46. The van der Waals surface area contributed by atoms with Crippen molar-refractivity contribution < 1.29 is 48.5 Å². The summed E-state index contributed by atoms with van der Waals surface area (Å²) < 4.78 is 34.8. The van der Waals surface area contributed by atoms with E-state index in [9.17, 15) is 20.1 Å². The lowest BCUT2D eigenvalue weighted by Gasteiger charge is -2.51. The summed E-state index contributed by atoms with van der Waals surface area (Å²) in [4.78, 5) is 13.5. The summed E-state index contributed by atoms with van der Waals surface area (Å²) in [5.74, 6) is -1.80. The zero-order valence-corrected chi connectivity index (χ0v) is 22.5. The van der Waals surface area contributed by atoms with Gasteiger partial charge in [0.15, 0.2) is 18.0 Å². The Balaban J connectivity index is 1.20. The lowest BCUT2D eigenvalue weighted by Crippen LogP contribution is -2.59.